The summed E-state index contributed by atoms with van der Waals surface area (Å²) in [6, 6.07) is 0. The molecule has 0 saturated carbocycles. The topological polar surface area (TPSA) is 138 Å². The molecule has 0 spiro atoms. The normalized spacial score (nSPS) is 53.5. The lowest BCUT2D eigenvalue weighted by atomic mass is 9.97. The van der Waals surface area contributed by atoms with E-state index >= 15 is 0 Å². The van der Waals surface area contributed by atoms with Crippen molar-refractivity contribution in [2.45, 2.75) is 75.3 Å². The second kappa shape index (κ2) is 7.04. The van der Waals surface area contributed by atoms with Crippen LogP contribution in [-0.4, -0.2) is 94.1 Å². The number of rotatable bonds is 3. The van der Waals surface area contributed by atoms with Crippen molar-refractivity contribution in [3.63, 3.8) is 0 Å². The van der Waals surface area contributed by atoms with Crippen LogP contribution in [0.1, 0.15) is 13.8 Å². The number of hydrogen-bond acceptors (Lipinski definition) is 9. The summed E-state index contributed by atoms with van der Waals surface area (Å²) in [7, 11) is 1.34. The Labute approximate surface area is 128 Å². The highest BCUT2D eigenvalue weighted by atomic mass is 16.7. The Morgan fingerprint density at radius 3 is 1.82 bits per heavy atom. The monoisotopic (exact) mass is 324 g/mol. The Bertz CT molecular complexity index is 367. The number of ether oxygens (including phenoxy) is 4. The Morgan fingerprint density at radius 2 is 1.23 bits per heavy atom. The molecule has 0 radical (unpaired) electrons. The lowest BCUT2D eigenvalue weighted by Crippen LogP contribution is -2.63. The van der Waals surface area contributed by atoms with Crippen molar-refractivity contribution in [3.8, 4) is 0 Å². The molecule has 5 N–H and O–H groups in total. The maximum absolute atomic E-state index is 10.1. The molecule has 0 aliphatic carbocycles. The third-order valence-corrected chi connectivity index (χ3v) is 4.11. The van der Waals surface area contributed by atoms with Crippen LogP contribution in [0.3, 0.4) is 0 Å². The minimum Gasteiger partial charge on any atom is -0.388 e. The van der Waals surface area contributed by atoms with Crippen LogP contribution in [0.15, 0.2) is 0 Å². The van der Waals surface area contributed by atoms with Crippen molar-refractivity contribution in [3.05, 3.63) is 0 Å². The van der Waals surface area contributed by atoms with E-state index in [1.807, 2.05) is 0 Å². The Kier molecular flexibility index (Phi) is 5.75. The van der Waals surface area contributed by atoms with Gasteiger partial charge in [-0.1, -0.05) is 0 Å². The first-order valence-electron chi connectivity index (χ1n) is 7.17. The van der Waals surface area contributed by atoms with Gasteiger partial charge in [0.2, 0.25) is 0 Å². The van der Waals surface area contributed by atoms with Gasteiger partial charge in [-0.15, -0.1) is 0 Å². The van der Waals surface area contributed by atoms with Gasteiger partial charge in [0.25, 0.3) is 0 Å². The van der Waals surface area contributed by atoms with Crippen LogP contribution >= 0.6 is 0 Å². The van der Waals surface area contributed by atoms with E-state index in [4.69, 9.17) is 18.9 Å². The van der Waals surface area contributed by atoms with Crippen LogP contribution in [0, 0.1) is 0 Å². The van der Waals surface area contributed by atoms with Crippen LogP contribution in [0.4, 0.5) is 0 Å². The summed E-state index contributed by atoms with van der Waals surface area (Å²) >= 11 is 0. The molecule has 0 aromatic carbocycles. The van der Waals surface area contributed by atoms with E-state index in [0.29, 0.717) is 0 Å². The molecule has 2 aliphatic rings. The molecule has 9 heteroatoms. The molecule has 2 heterocycles. The van der Waals surface area contributed by atoms with E-state index in [-0.39, 0.29) is 0 Å². The van der Waals surface area contributed by atoms with Crippen molar-refractivity contribution in [1.82, 2.24) is 0 Å². The molecule has 22 heavy (non-hydrogen) atoms. The van der Waals surface area contributed by atoms with Gasteiger partial charge in [0.05, 0.1) is 12.2 Å². The summed E-state index contributed by atoms with van der Waals surface area (Å²) in [6.45, 7) is 3.09. The van der Waals surface area contributed by atoms with E-state index in [2.05, 4.69) is 0 Å². The molecule has 130 valence electrons. The van der Waals surface area contributed by atoms with Gasteiger partial charge in [-0.3, -0.25) is 0 Å². The number of hydrogen-bond donors (Lipinski definition) is 5. The first-order chi connectivity index (χ1) is 10.3. The molecule has 2 fully saturated rings. The van der Waals surface area contributed by atoms with Gasteiger partial charge in [-0.25, -0.2) is 0 Å². The molecule has 10 atom stereocenters. The fourth-order valence-corrected chi connectivity index (χ4v) is 2.63. The van der Waals surface area contributed by atoms with Gasteiger partial charge in [-0.2, -0.15) is 0 Å². The van der Waals surface area contributed by atoms with Crippen LogP contribution in [-0.2, 0) is 18.9 Å². The van der Waals surface area contributed by atoms with Crippen molar-refractivity contribution in [1.29, 1.82) is 0 Å². The highest BCUT2D eigenvalue weighted by molar-refractivity contribution is 4.92. The lowest BCUT2D eigenvalue weighted by Gasteiger charge is -2.45. The second-order valence-electron chi connectivity index (χ2n) is 5.71. The molecule has 0 aromatic rings. The highest BCUT2D eigenvalue weighted by Gasteiger charge is 2.49. The van der Waals surface area contributed by atoms with E-state index < -0.39 is 61.4 Å². The Balaban J connectivity index is 2.10. The number of aliphatic hydroxyl groups is 5. The van der Waals surface area contributed by atoms with Gasteiger partial charge >= 0.3 is 0 Å². The minimum absolute atomic E-state index is 0.674. The summed E-state index contributed by atoms with van der Waals surface area (Å²) in [5, 5.41) is 49.6. The maximum atomic E-state index is 10.1. The van der Waals surface area contributed by atoms with Crippen molar-refractivity contribution in [2.75, 3.05) is 7.11 Å². The molecule has 1 unspecified atom stereocenters. The minimum atomic E-state index is -1.52. The molecule has 0 amide bonds. The van der Waals surface area contributed by atoms with Gasteiger partial charge in [0.1, 0.15) is 36.6 Å². The summed E-state index contributed by atoms with van der Waals surface area (Å²) in [4.78, 5) is 0. The molecular weight excluding hydrogens is 300 g/mol. The van der Waals surface area contributed by atoms with E-state index in [1.165, 1.54) is 14.0 Å². The average molecular weight is 324 g/mol. The lowest BCUT2D eigenvalue weighted by molar-refractivity contribution is -0.351. The fourth-order valence-electron chi connectivity index (χ4n) is 2.63. The smallest absolute Gasteiger partial charge is 0.187 e. The Hall–Kier alpha value is -0.360. The molecule has 0 bridgehead atoms. The molecule has 0 aromatic heterocycles. The van der Waals surface area contributed by atoms with Crippen LogP contribution in [0.2, 0.25) is 0 Å². The van der Waals surface area contributed by atoms with E-state index in [9.17, 15) is 25.5 Å². The third kappa shape index (κ3) is 3.28. The van der Waals surface area contributed by atoms with Gasteiger partial charge in [-0.05, 0) is 13.8 Å². The molecule has 2 saturated heterocycles. The zero-order valence-corrected chi connectivity index (χ0v) is 12.6. The highest BCUT2D eigenvalue weighted by Crippen LogP contribution is 2.29. The van der Waals surface area contributed by atoms with E-state index in [1.54, 1.807) is 6.92 Å². The molecular formula is C13H24O9. The summed E-state index contributed by atoms with van der Waals surface area (Å²) in [6.07, 6.45) is -11.7. The molecule has 2 aliphatic heterocycles. The van der Waals surface area contributed by atoms with Gasteiger partial charge in [0, 0.05) is 7.11 Å². The van der Waals surface area contributed by atoms with Crippen molar-refractivity contribution < 1.29 is 44.5 Å². The third-order valence-electron chi connectivity index (χ3n) is 4.11. The van der Waals surface area contributed by atoms with E-state index in [0.717, 1.165) is 0 Å². The SMILES string of the molecule is CO[C@H]1O[C@H](C)[C@@H](O)[C@H](OC2O[C@H](C)[C@@H](O)[C@H](O)[C@@H]2O)[C@@H]1O. The van der Waals surface area contributed by atoms with Crippen molar-refractivity contribution >= 4 is 0 Å². The molecule has 9 nitrogen and oxygen atoms in total. The van der Waals surface area contributed by atoms with Crippen molar-refractivity contribution in [2.24, 2.45) is 0 Å². The zero-order chi connectivity index (χ0) is 16.6. The van der Waals surface area contributed by atoms with Crippen LogP contribution in [0.25, 0.3) is 0 Å². The van der Waals surface area contributed by atoms with Gasteiger partial charge in [0.15, 0.2) is 12.6 Å². The molecule has 2 rings (SSSR count). The Morgan fingerprint density at radius 1 is 0.682 bits per heavy atom. The maximum Gasteiger partial charge on any atom is 0.187 e. The summed E-state index contributed by atoms with van der Waals surface area (Å²) < 4.78 is 21.0. The predicted octanol–water partition coefficient (Wildman–Crippen LogP) is -2.69. The average Bonchev–Trinajstić information content (AvgIpc) is 2.50. The predicted molar refractivity (Wildman–Crippen MR) is 70.6 cm³/mol. The van der Waals surface area contributed by atoms with Gasteiger partial charge < -0.3 is 44.5 Å². The fraction of sp³-hybridized carbons (Fsp3) is 1.00. The number of aliphatic hydroxyl groups excluding tert-OH is 5. The standard InChI is InChI=1S/C13H24O9/c1-4-6(14)8(16)9(17)13(21-4)22-11-7(15)5(2)20-12(19-3)10(11)18/h4-18H,1-3H3/t4-,5-,6-,7-,8+,9+,10+,11+,12+,13?/m1/s1. The first kappa shape index (κ1) is 18.0. The number of methoxy groups -OCH3 is 1. The summed E-state index contributed by atoms with van der Waals surface area (Å²) in [5.41, 5.74) is 0. The largest absolute Gasteiger partial charge is 0.388 e. The second-order valence-corrected chi connectivity index (χ2v) is 5.71. The van der Waals surface area contributed by atoms with Crippen LogP contribution in [0.5, 0.6) is 0 Å². The zero-order valence-electron chi connectivity index (χ0n) is 12.6. The van der Waals surface area contributed by atoms with Crippen LogP contribution < -0.4 is 0 Å². The summed E-state index contributed by atoms with van der Waals surface area (Å²) in [5.74, 6) is 0. The quantitative estimate of drug-likeness (QED) is 0.376. The first-order valence-corrected chi connectivity index (χ1v) is 7.17.